The highest BCUT2D eigenvalue weighted by molar-refractivity contribution is 5.96. The van der Waals surface area contributed by atoms with Gasteiger partial charge in [-0.2, -0.15) is 5.26 Å². The fraction of sp³-hybridized carbons (Fsp3) is 0.250. The number of likely N-dealkylation sites (N-methyl/N-ethyl adjacent to an activating group) is 1. The number of amides is 1. The number of aromatic nitrogens is 1. The molecule has 1 aromatic heterocycles. The van der Waals surface area contributed by atoms with Crippen molar-refractivity contribution in [2.75, 3.05) is 27.3 Å². The van der Waals surface area contributed by atoms with Crippen molar-refractivity contribution in [2.24, 2.45) is 0 Å². The molecular weight excluding hydrogens is 378 g/mol. The second-order valence-corrected chi connectivity index (χ2v) is 6.82. The Morgan fingerprint density at radius 1 is 1.17 bits per heavy atom. The van der Waals surface area contributed by atoms with Crippen molar-refractivity contribution in [1.82, 2.24) is 9.47 Å². The molecule has 1 heterocycles. The van der Waals surface area contributed by atoms with E-state index in [2.05, 4.69) is 10.6 Å². The molecule has 0 bridgehead atoms. The van der Waals surface area contributed by atoms with Crippen LogP contribution in [0.1, 0.15) is 12.0 Å². The highest BCUT2D eigenvalue weighted by atomic mass is 16.5. The summed E-state index contributed by atoms with van der Waals surface area (Å²) in [5, 5.41) is 9.93. The Morgan fingerprint density at radius 3 is 2.63 bits per heavy atom. The van der Waals surface area contributed by atoms with Gasteiger partial charge in [0.15, 0.2) is 0 Å². The Labute approximate surface area is 176 Å². The minimum absolute atomic E-state index is 0.0952. The lowest BCUT2D eigenvalue weighted by atomic mass is 10.1. The molecule has 6 nitrogen and oxygen atoms in total. The molecule has 3 aromatic rings. The molecule has 0 aliphatic rings. The summed E-state index contributed by atoms with van der Waals surface area (Å²) in [6.07, 6.45) is 5.83. The molecule has 0 saturated heterocycles. The van der Waals surface area contributed by atoms with Gasteiger partial charge >= 0.3 is 0 Å². The molecular formula is C24H25N3O3. The van der Waals surface area contributed by atoms with E-state index in [0.717, 1.165) is 28.0 Å². The normalized spacial score (nSPS) is 10.8. The number of methoxy groups -OCH3 is 1. The lowest BCUT2D eigenvalue weighted by Crippen LogP contribution is -2.29. The van der Waals surface area contributed by atoms with Crippen LogP contribution in [0.15, 0.2) is 60.8 Å². The van der Waals surface area contributed by atoms with Gasteiger partial charge in [-0.3, -0.25) is 4.79 Å². The Bertz CT molecular complexity index is 1060. The molecule has 0 saturated carbocycles. The molecule has 0 fully saturated rings. The second-order valence-electron chi connectivity index (χ2n) is 6.82. The van der Waals surface area contributed by atoms with Crippen molar-refractivity contribution in [3.63, 3.8) is 0 Å². The van der Waals surface area contributed by atoms with Crippen molar-refractivity contribution in [1.29, 1.82) is 5.26 Å². The van der Waals surface area contributed by atoms with Crippen molar-refractivity contribution in [3.05, 3.63) is 66.4 Å². The molecule has 0 spiro atoms. The fourth-order valence-corrected chi connectivity index (χ4v) is 3.13. The average Bonchev–Trinajstić information content (AvgIpc) is 3.14. The number of hydrogen-bond acceptors (Lipinski definition) is 4. The van der Waals surface area contributed by atoms with Crippen LogP contribution in [-0.4, -0.2) is 42.7 Å². The fourth-order valence-electron chi connectivity index (χ4n) is 3.13. The predicted octanol–water partition coefficient (Wildman–Crippen LogP) is 4.11. The van der Waals surface area contributed by atoms with E-state index in [9.17, 15) is 4.79 Å². The van der Waals surface area contributed by atoms with E-state index in [1.807, 2.05) is 60.8 Å². The van der Waals surface area contributed by atoms with E-state index in [1.165, 1.54) is 0 Å². The summed E-state index contributed by atoms with van der Waals surface area (Å²) in [6.45, 7) is 1.50. The third kappa shape index (κ3) is 5.21. The zero-order valence-electron chi connectivity index (χ0n) is 17.2. The molecule has 3 rings (SSSR count). The van der Waals surface area contributed by atoms with Crippen molar-refractivity contribution < 1.29 is 14.3 Å². The Kier molecular flexibility index (Phi) is 7.12. The van der Waals surface area contributed by atoms with Gasteiger partial charge in [0, 0.05) is 42.3 Å². The van der Waals surface area contributed by atoms with Crippen LogP contribution in [0.5, 0.6) is 11.5 Å². The molecule has 6 heteroatoms. The zero-order chi connectivity index (χ0) is 21.3. The first-order chi connectivity index (χ1) is 14.6. The van der Waals surface area contributed by atoms with Crippen molar-refractivity contribution in [2.45, 2.75) is 13.0 Å². The summed E-state index contributed by atoms with van der Waals surface area (Å²) in [7, 11) is 3.37. The first kappa shape index (κ1) is 21.0. The standard InChI is InChI=1S/C24H25N3O3/c1-26(16-17-30-21-11-9-20(29-2)10-12-21)24(28)13-8-19-18-27(15-5-14-25)23-7-4-3-6-22(19)23/h3-4,6-13,18H,5,15-17H2,1-2H3/b13-8+. The Hall–Kier alpha value is -3.72. The van der Waals surface area contributed by atoms with Crippen LogP contribution in [0, 0.1) is 11.3 Å². The number of benzene rings is 2. The molecule has 0 aliphatic heterocycles. The van der Waals surface area contributed by atoms with Crippen LogP contribution in [0.4, 0.5) is 0 Å². The first-order valence-electron chi connectivity index (χ1n) is 9.77. The van der Waals surface area contributed by atoms with Crippen LogP contribution in [0.25, 0.3) is 17.0 Å². The van der Waals surface area contributed by atoms with Gasteiger partial charge in [0.05, 0.1) is 26.1 Å². The van der Waals surface area contributed by atoms with Gasteiger partial charge in [0.25, 0.3) is 0 Å². The number of rotatable bonds is 9. The quantitative estimate of drug-likeness (QED) is 0.504. The summed E-state index contributed by atoms with van der Waals surface area (Å²) in [5.74, 6) is 1.41. The molecule has 1 amide bonds. The Morgan fingerprint density at radius 2 is 1.90 bits per heavy atom. The van der Waals surface area contributed by atoms with E-state index < -0.39 is 0 Å². The summed E-state index contributed by atoms with van der Waals surface area (Å²) in [4.78, 5) is 14.1. The zero-order valence-corrected chi connectivity index (χ0v) is 17.2. The Balaban J connectivity index is 1.58. The van der Waals surface area contributed by atoms with Gasteiger partial charge in [-0.25, -0.2) is 0 Å². The molecule has 0 unspecified atom stereocenters. The van der Waals surface area contributed by atoms with E-state index >= 15 is 0 Å². The molecule has 30 heavy (non-hydrogen) atoms. The number of fused-ring (bicyclic) bond motifs is 1. The van der Waals surface area contributed by atoms with E-state index in [0.29, 0.717) is 26.1 Å². The number of carbonyl (C=O) groups is 1. The second kappa shape index (κ2) is 10.2. The summed E-state index contributed by atoms with van der Waals surface area (Å²) < 4.78 is 12.9. The van der Waals surface area contributed by atoms with E-state index in [4.69, 9.17) is 14.7 Å². The van der Waals surface area contributed by atoms with Crippen LogP contribution in [0.3, 0.4) is 0 Å². The van der Waals surface area contributed by atoms with Crippen LogP contribution < -0.4 is 9.47 Å². The summed E-state index contributed by atoms with van der Waals surface area (Å²) in [6, 6.07) is 17.5. The maximum atomic E-state index is 12.5. The van der Waals surface area contributed by atoms with Gasteiger partial charge < -0.3 is 18.9 Å². The third-order valence-corrected chi connectivity index (χ3v) is 4.82. The minimum atomic E-state index is -0.0952. The van der Waals surface area contributed by atoms with Crippen molar-refractivity contribution >= 4 is 22.9 Å². The highest BCUT2D eigenvalue weighted by Crippen LogP contribution is 2.23. The monoisotopic (exact) mass is 403 g/mol. The molecule has 2 aromatic carbocycles. The largest absolute Gasteiger partial charge is 0.497 e. The maximum Gasteiger partial charge on any atom is 0.246 e. The van der Waals surface area contributed by atoms with Gasteiger partial charge in [-0.1, -0.05) is 18.2 Å². The smallest absolute Gasteiger partial charge is 0.246 e. The molecule has 0 aliphatic carbocycles. The third-order valence-electron chi connectivity index (χ3n) is 4.82. The number of nitriles is 1. The molecule has 0 atom stereocenters. The number of hydrogen-bond donors (Lipinski definition) is 0. The summed E-state index contributed by atoms with van der Waals surface area (Å²) in [5.41, 5.74) is 2.01. The first-order valence-corrected chi connectivity index (χ1v) is 9.77. The lowest BCUT2D eigenvalue weighted by molar-refractivity contribution is -0.125. The number of ether oxygens (including phenoxy) is 2. The molecule has 0 radical (unpaired) electrons. The highest BCUT2D eigenvalue weighted by Gasteiger charge is 2.08. The minimum Gasteiger partial charge on any atom is -0.497 e. The van der Waals surface area contributed by atoms with Gasteiger partial charge in [-0.15, -0.1) is 0 Å². The van der Waals surface area contributed by atoms with Crippen molar-refractivity contribution in [3.8, 4) is 17.6 Å². The van der Waals surface area contributed by atoms with E-state index in [1.54, 1.807) is 25.1 Å². The van der Waals surface area contributed by atoms with Crippen LogP contribution >= 0.6 is 0 Å². The number of carbonyl (C=O) groups excluding carboxylic acids is 1. The molecule has 0 N–H and O–H groups in total. The molecule has 154 valence electrons. The van der Waals surface area contributed by atoms with Gasteiger partial charge in [0.2, 0.25) is 5.91 Å². The average molecular weight is 403 g/mol. The number of para-hydroxylation sites is 1. The van der Waals surface area contributed by atoms with Crippen LogP contribution in [0.2, 0.25) is 0 Å². The topological polar surface area (TPSA) is 67.5 Å². The summed E-state index contributed by atoms with van der Waals surface area (Å²) >= 11 is 0. The predicted molar refractivity (Wildman–Crippen MR) is 117 cm³/mol. The van der Waals surface area contributed by atoms with Gasteiger partial charge in [-0.05, 0) is 36.4 Å². The van der Waals surface area contributed by atoms with Gasteiger partial charge in [0.1, 0.15) is 18.1 Å². The SMILES string of the molecule is COc1ccc(OCCN(C)C(=O)/C=C/c2cn(CCC#N)c3ccccc23)cc1. The maximum absolute atomic E-state index is 12.5. The van der Waals surface area contributed by atoms with E-state index in [-0.39, 0.29) is 5.91 Å². The number of nitrogens with zero attached hydrogens (tertiary/aromatic N) is 3. The number of aryl methyl sites for hydroxylation is 1. The van der Waals surface area contributed by atoms with Crippen LogP contribution in [-0.2, 0) is 11.3 Å². The lowest BCUT2D eigenvalue weighted by Gasteiger charge is -2.15.